The maximum Gasteiger partial charge on any atom is 0.329 e. The molecule has 2 amide bonds. The molecule has 3 aromatic rings. The van der Waals surface area contributed by atoms with E-state index in [1.165, 1.54) is 56.9 Å². The number of hydrogen-bond acceptors (Lipinski definition) is 1. The molecule has 3 heteroatoms. The first-order valence-electron chi connectivity index (χ1n) is 13.9. The summed E-state index contributed by atoms with van der Waals surface area (Å²) in [5.41, 5.74) is 5.32. The Balaban J connectivity index is 1.75. The molecule has 0 spiro atoms. The molecule has 0 fully saturated rings. The molecule has 0 N–H and O–H groups in total. The van der Waals surface area contributed by atoms with Gasteiger partial charge in [0.2, 0.25) is 0 Å². The van der Waals surface area contributed by atoms with Gasteiger partial charge in [0.05, 0.1) is 11.4 Å². The Kier molecular flexibility index (Phi) is 11.6. The van der Waals surface area contributed by atoms with Crippen molar-refractivity contribution in [3.63, 3.8) is 0 Å². The van der Waals surface area contributed by atoms with E-state index >= 15 is 0 Å². The number of rotatable bonds is 14. The standard InChI is InChI=1S/C33H44N2O/c1-4-5-6-7-8-9-10-11-18-25-34(27-30-19-14-12-15-20-30)33(36)35(31-21-16-13-17-22-31)32-24-23-28(2)26-29(32)3/h12-17,19-24,26H,4-11,18,25,27H2,1-3H3. The summed E-state index contributed by atoms with van der Waals surface area (Å²) in [4.78, 5) is 18.1. The zero-order valence-corrected chi connectivity index (χ0v) is 22.6. The summed E-state index contributed by atoms with van der Waals surface area (Å²) < 4.78 is 0. The van der Waals surface area contributed by atoms with Gasteiger partial charge in [-0.3, -0.25) is 4.90 Å². The molecular formula is C33H44N2O. The van der Waals surface area contributed by atoms with Gasteiger partial charge in [-0.25, -0.2) is 4.79 Å². The van der Waals surface area contributed by atoms with E-state index in [4.69, 9.17) is 0 Å². The van der Waals surface area contributed by atoms with Crippen molar-refractivity contribution in [3.8, 4) is 0 Å². The van der Waals surface area contributed by atoms with E-state index in [1.54, 1.807) is 0 Å². The lowest BCUT2D eigenvalue weighted by molar-refractivity contribution is 0.203. The van der Waals surface area contributed by atoms with E-state index in [0.29, 0.717) is 6.54 Å². The van der Waals surface area contributed by atoms with Crippen LogP contribution in [0.25, 0.3) is 0 Å². The molecule has 3 nitrogen and oxygen atoms in total. The van der Waals surface area contributed by atoms with Crippen molar-refractivity contribution < 1.29 is 4.79 Å². The van der Waals surface area contributed by atoms with Crippen molar-refractivity contribution in [1.29, 1.82) is 0 Å². The molecule has 192 valence electrons. The molecule has 3 rings (SSSR count). The van der Waals surface area contributed by atoms with Crippen LogP contribution in [-0.4, -0.2) is 17.5 Å². The third kappa shape index (κ3) is 8.55. The average Bonchev–Trinajstić information content (AvgIpc) is 2.89. The van der Waals surface area contributed by atoms with Gasteiger partial charge >= 0.3 is 6.03 Å². The summed E-state index contributed by atoms with van der Waals surface area (Å²) in [6.07, 6.45) is 11.5. The molecule has 0 aliphatic carbocycles. The van der Waals surface area contributed by atoms with Crippen molar-refractivity contribution >= 4 is 17.4 Å². The third-order valence-corrected chi connectivity index (χ3v) is 6.82. The molecule has 0 bridgehead atoms. The summed E-state index contributed by atoms with van der Waals surface area (Å²) in [7, 11) is 0. The van der Waals surface area contributed by atoms with Gasteiger partial charge in [0.1, 0.15) is 0 Å². The van der Waals surface area contributed by atoms with Gasteiger partial charge in [-0.1, -0.05) is 125 Å². The SMILES string of the molecule is CCCCCCCCCCCN(Cc1ccccc1)C(=O)N(c1ccccc1)c1ccc(C)cc1C. The first-order valence-corrected chi connectivity index (χ1v) is 13.9. The van der Waals surface area contributed by atoms with Crippen LogP contribution in [0.5, 0.6) is 0 Å². The Morgan fingerprint density at radius 2 is 1.28 bits per heavy atom. The lowest BCUT2D eigenvalue weighted by Crippen LogP contribution is -2.41. The minimum Gasteiger partial charge on any atom is -0.320 e. The molecule has 0 unspecified atom stereocenters. The number of anilines is 2. The topological polar surface area (TPSA) is 23.6 Å². The third-order valence-electron chi connectivity index (χ3n) is 6.82. The molecule has 0 aliphatic heterocycles. The lowest BCUT2D eigenvalue weighted by atomic mass is 10.1. The van der Waals surface area contributed by atoms with Crippen LogP contribution in [0.2, 0.25) is 0 Å². The number of urea groups is 1. The second kappa shape index (κ2) is 15.1. The molecule has 0 heterocycles. The zero-order chi connectivity index (χ0) is 25.6. The average molecular weight is 485 g/mol. The van der Waals surface area contributed by atoms with E-state index < -0.39 is 0 Å². The first-order chi connectivity index (χ1) is 17.6. The monoisotopic (exact) mass is 484 g/mol. The fourth-order valence-corrected chi connectivity index (χ4v) is 4.79. The van der Waals surface area contributed by atoms with Gasteiger partial charge in [0, 0.05) is 13.1 Å². The number of hydrogen-bond donors (Lipinski definition) is 0. The van der Waals surface area contributed by atoms with Crippen molar-refractivity contribution in [2.75, 3.05) is 11.4 Å². The van der Waals surface area contributed by atoms with E-state index in [2.05, 4.69) is 63.2 Å². The Hall–Kier alpha value is -3.07. The Bertz CT molecular complexity index is 1030. The highest BCUT2D eigenvalue weighted by molar-refractivity contribution is 6.00. The summed E-state index contributed by atoms with van der Waals surface area (Å²) in [5, 5.41) is 0. The number of benzene rings is 3. The Labute approximate surface area is 219 Å². The van der Waals surface area contributed by atoms with Crippen molar-refractivity contribution in [3.05, 3.63) is 95.6 Å². The van der Waals surface area contributed by atoms with Gasteiger partial charge in [0.15, 0.2) is 0 Å². The lowest BCUT2D eigenvalue weighted by Gasteiger charge is -2.32. The zero-order valence-electron chi connectivity index (χ0n) is 22.6. The molecule has 36 heavy (non-hydrogen) atoms. The Morgan fingerprint density at radius 1 is 0.694 bits per heavy atom. The van der Waals surface area contributed by atoms with Crippen LogP contribution in [0.4, 0.5) is 16.2 Å². The minimum absolute atomic E-state index is 0.0385. The molecule has 0 saturated heterocycles. The van der Waals surface area contributed by atoms with Crippen LogP contribution in [0.3, 0.4) is 0 Å². The second-order valence-electron chi connectivity index (χ2n) is 9.98. The number of carbonyl (C=O) groups is 1. The number of carbonyl (C=O) groups excluding carboxylic acids is 1. The number of unbranched alkanes of at least 4 members (excludes halogenated alkanes) is 8. The fraction of sp³-hybridized carbons (Fsp3) is 0.424. The molecule has 0 aliphatic rings. The predicted molar refractivity (Wildman–Crippen MR) is 154 cm³/mol. The summed E-state index contributed by atoms with van der Waals surface area (Å²) in [6.45, 7) is 7.83. The van der Waals surface area contributed by atoms with E-state index in [0.717, 1.165) is 35.5 Å². The summed E-state index contributed by atoms with van der Waals surface area (Å²) in [5.74, 6) is 0. The maximum absolute atomic E-state index is 14.2. The number of para-hydroxylation sites is 1. The molecule has 3 aromatic carbocycles. The largest absolute Gasteiger partial charge is 0.329 e. The van der Waals surface area contributed by atoms with Gasteiger partial charge in [-0.05, 0) is 49.6 Å². The number of aryl methyl sites for hydroxylation is 2. The molecule has 0 radical (unpaired) electrons. The van der Waals surface area contributed by atoms with Crippen LogP contribution in [-0.2, 0) is 6.54 Å². The van der Waals surface area contributed by atoms with Gasteiger partial charge in [-0.15, -0.1) is 0 Å². The van der Waals surface area contributed by atoms with Crippen LogP contribution in [0.1, 0.15) is 81.4 Å². The highest BCUT2D eigenvalue weighted by Gasteiger charge is 2.25. The number of amides is 2. The van der Waals surface area contributed by atoms with Gasteiger partial charge in [0.25, 0.3) is 0 Å². The highest BCUT2D eigenvalue weighted by Crippen LogP contribution is 2.31. The molecular weight excluding hydrogens is 440 g/mol. The van der Waals surface area contributed by atoms with Crippen LogP contribution < -0.4 is 4.90 Å². The van der Waals surface area contributed by atoms with Crippen molar-refractivity contribution in [2.45, 2.75) is 85.1 Å². The van der Waals surface area contributed by atoms with Crippen LogP contribution in [0.15, 0.2) is 78.9 Å². The predicted octanol–water partition coefficient (Wildman–Crippen LogP) is 9.59. The minimum atomic E-state index is 0.0385. The first kappa shape index (κ1) is 27.5. The normalized spacial score (nSPS) is 10.9. The van der Waals surface area contributed by atoms with Gasteiger partial charge < -0.3 is 4.90 Å². The second-order valence-corrected chi connectivity index (χ2v) is 9.98. The van der Waals surface area contributed by atoms with Crippen molar-refractivity contribution in [2.24, 2.45) is 0 Å². The van der Waals surface area contributed by atoms with Crippen LogP contribution >= 0.6 is 0 Å². The molecule has 0 aromatic heterocycles. The van der Waals surface area contributed by atoms with Crippen molar-refractivity contribution in [1.82, 2.24) is 4.90 Å². The molecule has 0 saturated carbocycles. The van der Waals surface area contributed by atoms with E-state index in [-0.39, 0.29) is 6.03 Å². The fourth-order valence-electron chi connectivity index (χ4n) is 4.79. The quantitative estimate of drug-likeness (QED) is 0.209. The molecule has 0 atom stereocenters. The number of nitrogens with zero attached hydrogens (tertiary/aromatic N) is 2. The van der Waals surface area contributed by atoms with Gasteiger partial charge in [-0.2, -0.15) is 0 Å². The van der Waals surface area contributed by atoms with E-state index in [9.17, 15) is 4.79 Å². The van der Waals surface area contributed by atoms with E-state index in [1.807, 2.05) is 46.2 Å². The maximum atomic E-state index is 14.2. The summed E-state index contributed by atoms with van der Waals surface area (Å²) in [6, 6.07) is 26.8. The highest BCUT2D eigenvalue weighted by atomic mass is 16.2. The Morgan fingerprint density at radius 3 is 1.89 bits per heavy atom. The summed E-state index contributed by atoms with van der Waals surface area (Å²) >= 11 is 0. The smallest absolute Gasteiger partial charge is 0.320 e. The van der Waals surface area contributed by atoms with Crippen LogP contribution in [0, 0.1) is 13.8 Å².